The number of hydrogen-bond acceptors (Lipinski definition) is 9. The van der Waals surface area contributed by atoms with Crippen LogP contribution in [0.4, 0.5) is 0 Å². The largest absolute Gasteiger partial charge is 0.510 e. The Labute approximate surface area is 222 Å². The molecule has 0 bridgehead atoms. The lowest BCUT2D eigenvalue weighted by molar-refractivity contribution is -0.148. The molecule has 0 saturated carbocycles. The number of nitrogens with two attached hydrogens (primary N) is 1. The van der Waals surface area contributed by atoms with Crippen LogP contribution in [0, 0.1) is 11.8 Å². The highest BCUT2D eigenvalue weighted by atomic mass is 16.4. The molecule has 200 valence electrons. The average molecular weight is 531 g/mol. The van der Waals surface area contributed by atoms with E-state index in [1.165, 1.54) is 11.0 Å². The van der Waals surface area contributed by atoms with Gasteiger partial charge in [-0.2, -0.15) is 0 Å². The van der Waals surface area contributed by atoms with Gasteiger partial charge < -0.3 is 30.6 Å². The number of aromatic hydroxyl groups is 1. The molecule has 39 heavy (non-hydrogen) atoms. The van der Waals surface area contributed by atoms with Crippen molar-refractivity contribution in [3.8, 4) is 17.1 Å². The Kier molecular flexibility index (Phi) is 5.29. The van der Waals surface area contributed by atoms with Crippen LogP contribution in [0.1, 0.15) is 22.3 Å². The summed E-state index contributed by atoms with van der Waals surface area (Å²) in [7, 11) is 3.18. The van der Waals surface area contributed by atoms with Crippen molar-refractivity contribution in [3.63, 3.8) is 0 Å². The molecule has 3 aliphatic rings. The van der Waals surface area contributed by atoms with E-state index in [1.807, 2.05) is 30.3 Å². The van der Waals surface area contributed by atoms with Crippen LogP contribution in [0.25, 0.3) is 22.3 Å². The van der Waals surface area contributed by atoms with E-state index in [4.69, 9.17) is 10.2 Å². The number of para-hydroxylation sites is 1. The summed E-state index contributed by atoms with van der Waals surface area (Å²) in [6.07, 6.45) is 0.191. The molecule has 6 N–H and O–H groups in total. The maximum Gasteiger partial charge on any atom is 0.255 e. The maximum absolute atomic E-state index is 13.9. The zero-order valence-electron chi connectivity index (χ0n) is 21.1. The number of furan rings is 1. The number of aliphatic hydroxyl groups excluding tert-OH is 2. The van der Waals surface area contributed by atoms with Gasteiger partial charge in [0.05, 0.1) is 11.6 Å². The molecule has 10 nitrogen and oxygen atoms in total. The van der Waals surface area contributed by atoms with Gasteiger partial charge in [0, 0.05) is 22.4 Å². The molecule has 3 aromatic rings. The monoisotopic (exact) mass is 530 g/mol. The summed E-state index contributed by atoms with van der Waals surface area (Å²) in [5, 5.41) is 45.6. The minimum Gasteiger partial charge on any atom is -0.510 e. The predicted octanol–water partition coefficient (Wildman–Crippen LogP) is 2.53. The summed E-state index contributed by atoms with van der Waals surface area (Å²) in [6.45, 7) is 0. The second kappa shape index (κ2) is 8.29. The van der Waals surface area contributed by atoms with Crippen molar-refractivity contribution in [1.29, 1.82) is 0 Å². The summed E-state index contributed by atoms with van der Waals surface area (Å²) in [5.74, 6) is -6.34. The number of ketones is 2. The van der Waals surface area contributed by atoms with Crippen LogP contribution < -0.4 is 5.73 Å². The Balaban J connectivity index is 1.55. The fourth-order valence-electron chi connectivity index (χ4n) is 6.60. The zero-order valence-corrected chi connectivity index (χ0v) is 21.1. The van der Waals surface area contributed by atoms with Crippen molar-refractivity contribution in [2.24, 2.45) is 17.6 Å². The molecule has 1 amide bonds. The number of hydrogen-bond donors (Lipinski definition) is 5. The number of nitrogens with zero attached hydrogens (tertiary/aromatic N) is 1. The standard InChI is InChI=1S/C29H26N2O8/c1-31(2)23-16-10-13-9-15-14(19-11-12-5-3-4-6-18(12)39-19)7-8-17(32)21(15)24(33)20(13)26(35)29(16,38)27(36)22(25(23)34)28(30)37/h3-8,11,13,16,23,32,34-35,38H,9-10H2,1-2H3,(H2,30,37)/t13-,16+,23+,29+/m1/s1. The predicted molar refractivity (Wildman–Crippen MR) is 139 cm³/mol. The van der Waals surface area contributed by atoms with Gasteiger partial charge in [0.15, 0.2) is 11.4 Å². The van der Waals surface area contributed by atoms with Gasteiger partial charge in [-0.1, -0.05) is 18.2 Å². The molecule has 1 aromatic heterocycles. The normalized spacial score (nSPS) is 26.6. The molecule has 2 aromatic carbocycles. The molecule has 0 spiro atoms. The molecule has 6 rings (SSSR count). The summed E-state index contributed by atoms with van der Waals surface area (Å²) in [4.78, 5) is 40.9. The van der Waals surface area contributed by atoms with Gasteiger partial charge in [-0.3, -0.25) is 19.3 Å². The fraction of sp³-hybridized carbons (Fsp3) is 0.276. The van der Waals surface area contributed by atoms with Crippen LogP contribution in [-0.4, -0.2) is 68.5 Å². The Hall–Kier alpha value is -4.41. The lowest BCUT2D eigenvalue weighted by Gasteiger charge is -2.50. The maximum atomic E-state index is 13.9. The van der Waals surface area contributed by atoms with E-state index < -0.39 is 58.0 Å². The Morgan fingerprint density at radius 3 is 2.49 bits per heavy atom. The lowest BCUT2D eigenvalue weighted by Crippen LogP contribution is -2.63. The summed E-state index contributed by atoms with van der Waals surface area (Å²) in [6, 6.07) is 11.2. The van der Waals surface area contributed by atoms with Gasteiger partial charge in [0.25, 0.3) is 5.91 Å². The van der Waals surface area contributed by atoms with E-state index in [2.05, 4.69) is 0 Å². The van der Waals surface area contributed by atoms with E-state index >= 15 is 0 Å². The number of amides is 1. The number of carbonyl (C=O) groups is 3. The number of Topliss-reactive ketones (excluding diaryl/α,β-unsaturated/α-hetero) is 2. The highest BCUT2D eigenvalue weighted by Gasteiger charge is 2.63. The molecule has 4 atom stereocenters. The molecular formula is C29H26N2O8. The number of aliphatic hydroxyl groups is 3. The average Bonchev–Trinajstić information content (AvgIpc) is 3.30. The number of rotatable bonds is 3. The molecular weight excluding hydrogens is 504 g/mol. The van der Waals surface area contributed by atoms with Crippen molar-refractivity contribution in [3.05, 3.63) is 76.3 Å². The van der Waals surface area contributed by atoms with Crippen LogP contribution in [0.3, 0.4) is 0 Å². The van der Waals surface area contributed by atoms with Crippen molar-refractivity contribution >= 4 is 28.4 Å². The molecule has 3 aliphatic carbocycles. The minimum absolute atomic E-state index is 0.0149. The van der Waals surface area contributed by atoms with E-state index in [0.717, 1.165) is 5.39 Å². The fourth-order valence-corrected chi connectivity index (χ4v) is 6.60. The number of allylic oxidation sites excluding steroid dienone is 1. The summed E-state index contributed by atoms with van der Waals surface area (Å²) < 4.78 is 6.04. The third kappa shape index (κ3) is 3.25. The Morgan fingerprint density at radius 2 is 1.82 bits per heavy atom. The Morgan fingerprint density at radius 1 is 1.10 bits per heavy atom. The van der Waals surface area contributed by atoms with Crippen molar-refractivity contribution in [1.82, 2.24) is 4.90 Å². The van der Waals surface area contributed by atoms with Gasteiger partial charge in [-0.25, -0.2) is 0 Å². The highest BCUT2D eigenvalue weighted by molar-refractivity contribution is 6.24. The molecule has 0 saturated heterocycles. The topological polar surface area (TPSA) is 175 Å². The molecule has 0 unspecified atom stereocenters. The van der Waals surface area contributed by atoms with Crippen molar-refractivity contribution in [2.75, 3.05) is 14.1 Å². The van der Waals surface area contributed by atoms with E-state index in [-0.39, 0.29) is 29.7 Å². The van der Waals surface area contributed by atoms with Crippen molar-refractivity contribution in [2.45, 2.75) is 24.5 Å². The lowest BCUT2D eigenvalue weighted by atomic mass is 9.58. The SMILES string of the molecule is CN(C)[C@@H]1C(O)=C(C(N)=O)C(=O)[C@@]2(O)C(O)=C3C(=O)c4c(O)ccc(-c5cc6ccccc6o5)c4C[C@@H]3C[C@@H]12. The summed E-state index contributed by atoms with van der Waals surface area (Å²) in [5.41, 5.74) is 3.35. The first-order chi connectivity index (χ1) is 18.5. The van der Waals surface area contributed by atoms with Crippen LogP contribution in [0.5, 0.6) is 5.75 Å². The number of carbonyl (C=O) groups excluding carboxylic acids is 3. The first-order valence-corrected chi connectivity index (χ1v) is 12.4. The van der Waals surface area contributed by atoms with E-state index in [1.54, 1.807) is 20.2 Å². The second-order valence-electron chi connectivity index (χ2n) is 10.6. The molecule has 0 aliphatic heterocycles. The van der Waals surface area contributed by atoms with E-state index in [0.29, 0.717) is 22.5 Å². The van der Waals surface area contributed by atoms with Crippen molar-refractivity contribution < 1.29 is 39.2 Å². The molecule has 0 fully saturated rings. The Bertz CT molecular complexity index is 1650. The van der Waals surface area contributed by atoms with Gasteiger partial charge in [-0.05, 0) is 62.7 Å². The number of likely N-dealkylation sites (N-methyl/N-ethyl adjacent to an activating group) is 1. The molecule has 10 heteroatoms. The number of benzene rings is 2. The molecule has 1 heterocycles. The van der Waals surface area contributed by atoms with Gasteiger partial charge in [-0.15, -0.1) is 0 Å². The number of phenolic OH excluding ortho intramolecular Hbond substituents is 1. The van der Waals surface area contributed by atoms with Crippen LogP contribution >= 0.6 is 0 Å². The van der Waals surface area contributed by atoms with Crippen LogP contribution in [0.2, 0.25) is 0 Å². The minimum atomic E-state index is -2.67. The third-order valence-electron chi connectivity index (χ3n) is 8.30. The molecule has 0 radical (unpaired) electrons. The van der Waals surface area contributed by atoms with E-state index in [9.17, 15) is 34.8 Å². The second-order valence-corrected chi connectivity index (χ2v) is 10.6. The highest BCUT2D eigenvalue weighted by Crippen LogP contribution is 2.53. The van der Waals surface area contributed by atoms with Gasteiger partial charge >= 0.3 is 0 Å². The zero-order chi connectivity index (χ0) is 28.0. The first kappa shape index (κ1) is 24.9. The quantitative estimate of drug-likeness (QED) is 0.319. The first-order valence-electron chi connectivity index (χ1n) is 12.4. The van der Waals surface area contributed by atoms with Crippen LogP contribution in [-0.2, 0) is 16.0 Å². The van der Waals surface area contributed by atoms with Crippen LogP contribution in [0.15, 0.2) is 69.5 Å². The smallest absolute Gasteiger partial charge is 0.255 e. The number of fused-ring (bicyclic) bond motifs is 4. The summed E-state index contributed by atoms with van der Waals surface area (Å²) >= 11 is 0. The number of phenols is 1. The number of primary amides is 1. The third-order valence-corrected chi connectivity index (χ3v) is 8.30. The van der Waals surface area contributed by atoms with Gasteiger partial charge in [0.2, 0.25) is 5.78 Å². The van der Waals surface area contributed by atoms with Gasteiger partial charge in [0.1, 0.15) is 34.2 Å².